The third kappa shape index (κ3) is 7.67. The number of alkyl halides is 3. The summed E-state index contributed by atoms with van der Waals surface area (Å²) >= 11 is 0. The molecule has 0 spiro atoms. The van der Waals surface area contributed by atoms with Gasteiger partial charge in [-0.25, -0.2) is 22.3 Å². The molecule has 0 unspecified atom stereocenters. The van der Waals surface area contributed by atoms with Gasteiger partial charge in [0, 0.05) is 35.8 Å². The molecule has 2 aromatic heterocycles. The summed E-state index contributed by atoms with van der Waals surface area (Å²) < 4.78 is 71.8. The van der Waals surface area contributed by atoms with Gasteiger partial charge in [0.2, 0.25) is 10.0 Å². The molecule has 14 heteroatoms. The lowest BCUT2D eigenvalue weighted by atomic mass is 10.1. The van der Waals surface area contributed by atoms with E-state index >= 15 is 0 Å². The van der Waals surface area contributed by atoms with E-state index in [2.05, 4.69) is 14.7 Å². The molecule has 3 rings (SSSR count). The second kappa shape index (κ2) is 10.9. The summed E-state index contributed by atoms with van der Waals surface area (Å²) in [5, 5.41) is 15.7. The van der Waals surface area contributed by atoms with Gasteiger partial charge in [0.15, 0.2) is 0 Å². The average molecular weight is 503 g/mol. The SMILES string of the molecule is O=C(O)C(F)(F)F.O=C(O)CCNS(=O)(=O)c1c[nH]c(-c2ccnc(-c3cccc(F)c3)c2)c1. The van der Waals surface area contributed by atoms with Crippen molar-refractivity contribution in [1.82, 2.24) is 14.7 Å². The minimum Gasteiger partial charge on any atom is -0.481 e. The standard InChI is InChI=1S/C18H16FN3O4S.C2HF3O2/c19-14-3-1-2-12(8-14)16-9-13(4-6-20-16)17-10-15(11-21-17)27(25,26)22-7-5-18(23)24;3-2(4,5)1(6)7/h1-4,6,8-11,21-22H,5,7H2,(H,23,24);(H,6,7). The van der Waals surface area contributed by atoms with E-state index in [1.807, 2.05) is 0 Å². The zero-order chi connectivity index (χ0) is 25.5. The summed E-state index contributed by atoms with van der Waals surface area (Å²) in [5.41, 5.74) is 2.36. The fourth-order valence-electron chi connectivity index (χ4n) is 2.48. The molecular weight excluding hydrogens is 486 g/mol. The highest BCUT2D eigenvalue weighted by molar-refractivity contribution is 7.89. The number of hydrogen-bond donors (Lipinski definition) is 4. The van der Waals surface area contributed by atoms with Gasteiger partial charge in [-0.05, 0) is 30.3 Å². The number of rotatable bonds is 7. The van der Waals surface area contributed by atoms with Crippen LogP contribution in [0, 0.1) is 5.82 Å². The molecule has 3 aromatic rings. The Balaban J connectivity index is 0.000000509. The topological polar surface area (TPSA) is 149 Å². The Hall–Kier alpha value is -3.78. The van der Waals surface area contributed by atoms with Gasteiger partial charge in [-0.3, -0.25) is 9.78 Å². The van der Waals surface area contributed by atoms with E-state index in [-0.39, 0.29) is 23.7 Å². The molecule has 2 heterocycles. The summed E-state index contributed by atoms with van der Waals surface area (Å²) in [6, 6.07) is 10.9. The minimum absolute atomic E-state index is 0.00740. The van der Waals surface area contributed by atoms with Crippen molar-refractivity contribution in [2.24, 2.45) is 0 Å². The molecular formula is C20H17F4N3O6S. The highest BCUT2D eigenvalue weighted by Gasteiger charge is 2.38. The van der Waals surface area contributed by atoms with Crippen LogP contribution in [0.4, 0.5) is 17.6 Å². The number of benzene rings is 1. The van der Waals surface area contributed by atoms with Crippen LogP contribution in [0.3, 0.4) is 0 Å². The van der Waals surface area contributed by atoms with Crippen molar-refractivity contribution in [2.75, 3.05) is 6.54 Å². The number of carboxylic acids is 2. The van der Waals surface area contributed by atoms with Crippen LogP contribution in [0.1, 0.15) is 6.42 Å². The third-order valence-corrected chi connectivity index (χ3v) is 5.47. The zero-order valence-electron chi connectivity index (χ0n) is 17.0. The molecule has 34 heavy (non-hydrogen) atoms. The third-order valence-electron chi connectivity index (χ3n) is 4.03. The van der Waals surface area contributed by atoms with E-state index in [9.17, 15) is 30.8 Å². The highest BCUT2D eigenvalue weighted by atomic mass is 32.2. The van der Waals surface area contributed by atoms with Gasteiger partial charge >= 0.3 is 18.1 Å². The Labute approximate surface area is 190 Å². The van der Waals surface area contributed by atoms with Gasteiger partial charge < -0.3 is 15.2 Å². The maximum atomic E-state index is 13.4. The van der Waals surface area contributed by atoms with E-state index in [0.29, 0.717) is 22.5 Å². The Morgan fingerprint density at radius 1 is 1.06 bits per heavy atom. The predicted octanol–water partition coefficient (Wildman–Crippen LogP) is 3.27. The zero-order valence-corrected chi connectivity index (χ0v) is 17.8. The Morgan fingerprint density at radius 2 is 1.74 bits per heavy atom. The van der Waals surface area contributed by atoms with E-state index < -0.39 is 28.1 Å². The summed E-state index contributed by atoms with van der Waals surface area (Å²) in [5.74, 6) is -4.22. The second-order valence-corrected chi connectivity index (χ2v) is 8.30. The smallest absolute Gasteiger partial charge is 0.481 e. The highest BCUT2D eigenvalue weighted by Crippen LogP contribution is 2.26. The van der Waals surface area contributed by atoms with E-state index in [4.69, 9.17) is 15.0 Å². The predicted molar refractivity (Wildman–Crippen MR) is 111 cm³/mol. The molecule has 182 valence electrons. The minimum atomic E-state index is -5.08. The van der Waals surface area contributed by atoms with Crippen LogP contribution in [0.15, 0.2) is 59.8 Å². The number of carboxylic acid groups (broad SMARTS) is 2. The number of pyridine rings is 1. The van der Waals surface area contributed by atoms with E-state index in [1.165, 1.54) is 24.4 Å². The van der Waals surface area contributed by atoms with Crippen molar-refractivity contribution < 1.29 is 45.8 Å². The molecule has 9 nitrogen and oxygen atoms in total. The second-order valence-electron chi connectivity index (χ2n) is 6.53. The summed E-state index contributed by atoms with van der Waals surface area (Å²) in [7, 11) is -3.82. The number of carbonyl (C=O) groups is 2. The molecule has 0 aliphatic heterocycles. The quantitative estimate of drug-likeness (QED) is 0.362. The lowest BCUT2D eigenvalue weighted by Crippen LogP contribution is -2.25. The Morgan fingerprint density at radius 3 is 2.32 bits per heavy atom. The van der Waals surface area contributed by atoms with Gasteiger partial charge in [0.25, 0.3) is 0 Å². The molecule has 1 aromatic carbocycles. The van der Waals surface area contributed by atoms with Gasteiger partial charge in [0.1, 0.15) is 10.7 Å². The fraction of sp³-hybridized carbons (Fsp3) is 0.150. The number of nitrogens with one attached hydrogen (secondary N) is 2. The molecule has 0 aliphatic rings. The number of sulfonamides is 1. The van der Waals surface area contributed by atoms with Gasteiger partial charge in [-0.15, -0.1) is 0 Å². The fourth-order valence-corrected chi connectivity index (χ4v) is 3.50. The van der Waals surface area contributed by atoms with Crippen molar-refractivity contribution in [1.29, 1.82) is 0 Å². The van der Waals surface area contributed by atoms with Crippen molar-refractivity contribution in [3.05, 3.63) is 60.7 Å². The van der Waals surface area contributed by atoms with E-state index in [1.54, 1.807) is 30.5 Å². The maximum Gasteiger partial charge on any atom is 0.490 e. The molecule has 0 aliphatic carbocycles. The van der Waals surface area contributed by atoms with Crippen LogP contribution in [-0.4, -0.2) is 53.3 Å². The average Bonchev–Trinajstić information content (AvgIpc) is 3.25. The first-order chi connectivity index (χ1) is 15.8. The lowest BCUT2D eigenvalue weighted by Gasteiger charge is -2.04. The maximum absolute atomic E-state index is 13.4. The van der Waals surface area contributed by atoms with Crippen LogP contribution in [0.25, 0.3) is 22.5 Å². The van der Waals surface area contributed by atoms with Crippen molar-refractivity contribution in [2.45, 2.75) is 17.5 Å². The molecule has 0 amide bonds. The molecule has 4 N–H and O–H groups in total. The number of aliphatic carboxylic acids is 2. The van der Waals surface area contributed by atoms with E-state index in [0.717, 1.165) is 0 Å². The van der Waals surface area contributed by atoms with Gasteiger partial charge in [-0.2, -0.15) is 13.2 Å². The molecule has 0 radical (unpaired) electrons. The number of H-pyrrole nitrogens is 1. The largest absolute Gasteiger partial charge is 0.490 e. The van der Waals surface area contributed by atoms with Crippen LogP contribution in [0.2, 0.25) is 0 Å². The van der Waals surface area contributed by atoms with Gasteiger partial charge in [0.05, 0.1) is 12.1 Å². The first-order valence-corrected chi connectivity index (χ1v) is 10.7. The summed E-state index contributed by atoms with van der Waals surface area (Å²) in [4.78, 5) is 26.5. The van der Waals surface area contributed by atoms with Crippen LogP contribution in [-0.2, 0) is 19.6 Å². The normalized spacial score (nSPS) is 11.4. The monoisotopic (exact) mass is 503 g/mol. The molecule has 0 atom stereocenters. The van der Waals surface area contributed by atoms with Crippen LogP contribution >= 0.6 is 0 Å². The summed E-state index contributed by atoms with van der Waals surface area (Å²) in [6.07, 6.45) is -2.52. The Bertz CT molecular complexity index is 1280. The number of halogens is 4. The number of nitrogens with zero attached hydrogens (tertiary/aromatic N) is 1. The summed E-state index contributed by atoms with van der Waals surface area (Å²) in [6.45, 7) is -0.197. The van der Waals surface area contributed by atoms with Crippen molar-refractivity contribution in [3.63, 3.8) is 0 Å². The first-order valence-electron chi connectivity index (χ1n) is 9.22. The van der Waals surface area contributed by atoms with Gasteiger partial charge in [-0.1, -0.05) is 12.1 Å². The molecule has 0 fully saturated rings. The van der Waals surface area contributed by atoms with Crippen molar-refractivity contribution >= 4 is 22.0 Å². The Kier molecular flexibility index (Phi) is 8.48. The van der Waals surface area contributed by atoms with Crippen molar-refractivity contribution in [3.8, 4) is 22.5 Å². The lowest BCUT2D eigenvalue weighted by molar-refractivity contribution is -0.192. The molecule has 0 saturated carbocycles. The number of aromatic nitrogens is 2. The van der Waals surface area contributed by atoms with Crippen LogP contribution < -0.4 is 4.72 Å². The molecule has 0 saturated heterocycles. The number of hydrogen-bond acceptors (Lipinski definition) is 5. The first kappa shape index (κ1) is 26.5. The molecule has 0 bridgehead atoms. The van der Waals surface area contributed by atoms with Crippen LogP contribution in [0.5, 0.6) is 0 Å². The number of aromatic amines is 1.